The molecule has 0 atom stereocenters. The molecule has 19 heavy (non-hydrogen) atoms. The zero-order valence-electron chi connectivity index (χ0n) is 10.6. The molecule has 0 radical (unpaired) electrons. The molecule has 0 saturated heterocycles. The minimum atomic E-state index is -0.995. The van der Waals surface area contributed by atoms with E-state index in [4.69, 9.17) is 22.4 Å². The maximum atomic E-state index is 10.3. The molecule has 6 heteroatoms. The number of aryl methyl sites for hydroxylation is 2. The monoisotopic (exact) mass is 279 g/mol. The molecular weight excluding hydrogens is 266 g/mol. The van der Waals surface area contributed by atoms with Gasteiger partial charge in [0.2, 0.25) is 5.95 Å². The average Bonchev–Trinajstić information content (AvgIpc) is 2.27. The first-order valence-electron chi connectivity index (χ1n) is 5.45. The lowest BCUT2D eigenvalue weighted by Crippen LogP contribution is -1.97. The Labute approximate surface area is 116 Å². The maximum Gasteiger partial charge on any atom is 0.337 e. The quantitative estimate of drug-likeness (QED) is 0.838. The van der Waals surface area contributed by atoms with Gasteiger partial charge in [0, 0.05) is 11.4 Å². The van der Waals surface area contributed by atoms with Gasteiger partial charge in [-0.1, -0.05) is 23.7 Å². The van der Waals surface area contributed by atoms with E-state index in [0.717, 1.165) is 11.4 Å². The van der Waals surface area contributed by atoms with Crippen LogP contribution in [-0.2, 0) is 0 Å². The third-order valence-corrected chi connectivity index (χ3v) is 2.43. The number of carboxylic acid groups (broad SMARTS) is 1. The third kappa shape index (κ3) is 4.93. The van der Waals surface area contributed by atoms with Crippen LogP contribution in [0.3, 0.4) is 0 Å². The van der Waals surface area contributed by atoms with Crippen LogP contribution < -0.4 is 5.73 Å². The third-order valence-electron chi connectivity index (χ3n) is 2.10. The Morgan fingerprint density at radius 3 is 2.11 bits per heavy atom. The van der Waals surface area contributed by atoms with Crippen LogP contribution in [0.1, 0.15) is 21.7 Å². The van der Waals surface area contributed by atoms with Crippen LogP contribution in [0.5, 0.6) is 0 Å². The number of carboxylic acids is 1. The van der Waals surface area contributed by atoms with Crippen molar-refractivity contribution in [1.29, 1.82) is 0 Å². The maximum absolute atomic E-state index is 10.3. The second-order valence-electron chi connectivity index (χ2n) is 3.79. The summed E-state index contributed by atoms with van der Waals surface area (Å²) in [5.74, 6) is -0.641. The molecule has 0 spiro atoms. The first kappa shape index (κ1) is 14.9. The molecule has 3 N–H and O–H groups in total. The highest BCUT2D eigenvalue weighted by Gasteiger charge is 2.04. The second kappa shape index (κ2) is 6.70. The Morgan fingerprint density at radius 1 is 1.21 bits per heavy atom. The van der Waals surface area contributed by atoms with E-state index >= 15 is 0 Å². The largest absolute Gasteiger partial charge is 0.478 e. The van der Waals surface area contributed by atoms with Crippen molar-refractivity contribution in [3.05, 3.63) is 52.3 Å². The smallest absolute Gasteiger partial charge is 0.337 e. The van der Waals surface area contributed by atoms with Gasteiger partial charge in [-0.15, -0.1) is 0 Å². The van der Waals surface area contributed by atoms with Crippen molar-refractivity contribution < 1.29 is 9.90 Å². The number of carbonyl (C=O) groups is 1. The molecule has 0 saturated carbocycles. The highest BCUT2D eigenvalue weighted by atomic mass is 35.5. The van der Waals surface area contributed by atoms with Crippen LogP contribution in [0.25, 0.3) is 0 Å². The zero-order chi connectivity index (χ0) is 14.4. The topological polar surface area (TPSA) is 89.1 Å². The molecule has 1 aromatic heterocycles. The summed E-state index contributed by atoms with van der Waals surface area (Å²) in [4.78, 5) is 18.1. The SMILES string of the molecule is Cc1cc(C)nc(N)n1.O=C(O)c1ccccc1Cl. The molecule has 1 aromatic carbocycles. The Balaban J connectivity index is 0.000000191. The molecule has 0 fully saturated rings. The number of halogens is 1. The number of aromatic nitrogens is 2. The number of benzene rings is 1. The van der Waals surface area contributed by atoms with Crippen LogP contribution in [0.4, 0.5) is 5.95 Å². The molecular formula is C13H14ClN3O2. The van der Waals surface area contributed by atoms with Crippen molar-refractivity contribution >= 4 is 23.5 Å². The van der Waals surface area contributed by atoms with Crippen molar-refractivity contribution in [2.24, 2.45) is 0 Å². The van der Waals surface area contributed by atoms with Gasteiger partial charge in [-0.25, -0.2) is 14.8 Å². The number of hydrogen-bond donors (Lipinski definition) is 2. The number of nitrogen functional groups attached to an aromatic ring is 1. The summed E-state index contributed by atoms with van der Waals surface area (Å²) in [5, 5.41) is 8.75. The van der Waals surface area contributed by atoms with E-state index in [1.54, 1.807) is 18.2 Å². The lowest BCUT2D eigenvalue weighted by molar-refractivity contribution is 0.0697. The van der Waals surface area contributed by atoms with Crippen molar-refractivity contribution in [3.63, 3.8) is 0 Å². The fraction of sp³-hybridized carbons (Fsp3) is 0.154. The summed E-state index contributed by atoms with van der Waals surface area (Å²) >= 11 is 5.54. The standard InChI is InChI=1S/C7H5ClO2.C6H9N3/c8-6-4-2-1-3-5(6)7(9)10;1-4-3-5(2)9-6(7)8-4/h1-4H,(H,9,10);3H,1-2H3,(H2,7,8,9). The van der Waals surface area contributed by atoms with Crippen LogP contribution in [0, 0.1) is 13.8 Å². The lowest BCUT2D eigenvalue weighted by Gasteiger charge is -1.94. The molecule has 0 aliphatic rings. The number of anilines is 1. The van der Waals surface area contributed by atoms with E-state index in [1.807, 2.05) is 19.9 Å². The van der Waals surface area contributed by atoms with Crippen LogP contribution in [-0.4, -0.2) is 21.0 Å². The Kier molecular flexibility index (Phi) is 5.26. The van der Waals surface area contributed by atoms with E-state index in [0.29, 0.717) is 5.95 Å². The number of hydrogen-bond acceptors (Lipinski definition) is 4. The number of rotatable bonds is 1. The summed E-state index contributed by atoms with van der Waals surface area (Å²) in [6, 6.07) is 8.22. The van der Waals surface area contributed by atoms with Gasteiger partial charge in [0.15, 0.2) is 0 Å². The molecule has 5 nitrogen and oxygen atoms in total. The molecule has 0 aliphatic heterocycles. The van der Waals surface area contributed by atoms with Gasteiger partial charge < -0.3 is 10.8 Å². The van der Waals surface area contributed by atoms with Gasteiger partial charge in [0.1, 0.15) is 0 Å². The van der Waals surface area contributed by atoms with Gasteiger partial charge in [-0.05, 0) is 32.0 Å². The highest BCUT2D eigenvalue weighted by Crippen LogP contribution is 2.13. The lowest BCUT2D eigenvalue weighted by atomic mass is 10.2. The van der Waals surface area contributed by atoms with Crippen molar-refractivity contribution in [1.82, 2.24) is 9.97 Å². The summed E-state index contributed by atoms with van der Waals surface area (Å²) in [7, 11) is 0. The summed E-state index contributed by atoms with van der Waals surface area (Å²) < 4.78 is 0. The summed E-state index contributed by atoms with van der Waals surface area (Å²) in [6.07, 6.45) is 0. The Morgan fingerprint density at radius 2 is 1.74 bits per heavy atom. The van der Waals surface area contributed by atoms with Gasteiger partial charge in [0.05, 0.1) is 10.6 Å². The van der Waals surface area contributed by atoms with Gasteiger partial charge in [-0.3, -0.25) is 0 Å². The van der Waals surface area contributed by atoms with Gasteiger partial charge >= 0.3 is 5.97 Å². The number of nitrogens with two attached hydrogens (primary N) is 1. The molecule has 1 heterocycles. The minimum Gasteiger partial charge on any atom is -0.478 e. The Hall–Kier alpha value is -2.14. The molecule has 100 valence electrons. The molecule has 2 aromatic rings. The van der Waals surface area contributed by atoms with Gasteiger partial charge in [0.25, 0.3) is 0 Å². The van der Waals surface area contributed by atoms with E-state index in [-0.39, 0.29) is 10.6 Å². The van der Waals surface area contributed by atoms with E-state index < -0.39 is 5.97 Å². The molecule has 0 amide bonds. The molecule has 0 unspecified atom stereocenters. The fourth-order valence-electron chi connectivity index (χ4n) is 1.39. The molecule has 2 rings (SSSR count). The fourth-order valence-corrected chi connectivity index (χ4v) is 1.60. The number of aromatic carboxylic acids is 1. The van der Waals surface area contributed by atoms with Crippen molar-refractivity contribution in [2.45, 2.75) is 13.8 Å². The summed E-state index contributed by atoms with van der Waals surface area (Å²) in [6.45, 7) is 3.79. The molecule has 0 bridgehead atoms. The normalized spacial score (nSPS) is 9.42. The first-order valence-corrected chi connectivity index (χ1v) is 5.83. The second-order valence-corrected chi connectivity index (χ2v) is 4.20. The van der Waals surface area contributed by atoms with E-state index in [9.17, 15) is 4.79 Å². The van der Waals surface area contributed by atoms with Crippen LogP contribution in [0.15, 0.2) is 30.3 Å². The van der Waals surface area contributed by atoms with Gasteiger partial charge in [-0.2, -0.15) is 0 Å². The van der Waals surface area contributed by atoms with Crippen molar-refractivity contribution in [3.8, 4) is 0 Å². The van der Waals surface area contributed by atoms with E-state index in [1.165, 1.54) is 6.07 Å². The van der Waals surface area contributed by atoms with Crippen LogP contribution in [0.2, 0.25) is 5.02 Å². The van der Waals surface area contributed by atoms with E-state index in [2.05, 4.69) is 9.97 Å². The van der Waals surface area contributed by atoms with Crippen molar-refractivity contribution in [2.75, 3.05) is 5.73 Å². The van der Waals surface area contributed by atoms with Crippen LogP contribution >= 0.6 is 11.6 Å². The highest BCUT2D eigenvalue weighted by molar-refractivity contribution is 6.33. The predicted octanol–water partition coefficient (Wildman–Crippen LogP) is 2.71. The Bertz CT molecular complexity index is 537. The average molecular weight is 280 g/mol. The predicted molar refractivity (Wildman–Crippen MR) is 74.3 cm³/mol. The first-order chi connectivity index (χ1) is 8.90. The molecule has 0 aliphatic carbocycles. The number of nitrogens with zero attached hydrogens (tertiary/aromatic N) is 2. The zero-order valence-corrected chi connectivity index (χ0v) is 11.3. The summed E-state index contributed by atoms with van der Waals surface area (Å²) in [5.41, 5.74) is 7.31. The minimum absolute atomic E-state index is 0.143.